The minimum atomic E-state index is -0.525. The predicted molar refractivity (Wildman–Crippen MR) is 121 cm³/mol. The number of ether oxygens (including phenoxy) is 2. The molecule has 2 aliphatic heterocycles. The van der Waals surface area contributed by atoms with Crippen molar-refractivity contribution < 1.29 is 19.1 Å². The second-order valence-corrected chi connectivity index (χ2v) is 11.1. The largest absolute Gasteiger partial charge is 0.444 e. The first kappa shape index (κ1) is 24.3. The van der Waals surface area contributed by atoms with Crippen LogP contribution in [0.1, 0.15) is 73.1 Å². The summed E-state index contributed by atoms with van der Waals surface area (Å²) in [5.41, 5.74) is 5.91. The van der Waals surface area contributed by atoms with Crippen LogP contribution >= 0.6 is 0 Å². The highest BCUT2D eigenvalue weighted by molar-refractivity contribution is 5.83. The van der Waals surface area contributed by atoms with Gasteiger partial charge in [0.25, 0.3) is 0 Å². The van der Waals surface area contributed by atoms with Crippen molar-refractivity contribution in [3.05, 3.63) is 0 Å². The molecule has 2 amide bonds. The summed E-state index contributed by atoms with van der Waals surface area (Å²) in [5.74, 6) is 1.49. The van der Waals surface area contributed by atoms with Crippen LogP contribution < -0.4 is 5.73 Å². The number of likely N-dealkylation sites (tertiary alicyclic amines) is 2. The van der Waals surface area contributed by atoms with Gasteiger partial charge in [-0.1, -0.05) is 13.8 Å². The van der Waals surface area contributed by atoms with Crippen LogP contribution in [0.15, 0.2) is 0 Å². The number of nitrogens with two attached hydrogens (primary N) is 1. The number of amides is 2. The number of hydrogen-bond acceptors (Lipinski definition) is 5. The molecule has 3 rings (SSSR count). The van der Waals surface area contributed by atoms with E-state index in [9.17, 15) is 9.59 Å². The summed E-state index contributed by atoms with van der Waals surface area (Å²) in [6.45, 7) is 12.3. The second-order valence-electron chi connectivity index (χ2n) is 11.1. The maximum atomic E-state index is 13.2. The van der Waals surface area contributed by atoms with E-state index in [1.54, 1.807) is 4.90 Å². The summed E-state index contributed by atoms with van der Waals surface area (Å²) in [7, 11) is 0. The molecule has 7 heteroatoms. The molecule has 0 aromatic rings. The summed E-state index contributed by atoms with van der Waals surface area (Å²) in [4.78, 5) is 28.9. The van der Waals surface area contributed by atoms with Crippen LogP contribution in [0.2, 0.25) is 0 Å². The molecule has 0 bridgehead atoms. The van der Waals surface area contributed by atoms with Gasteiger partial charge in [0.15, 0.2) is 0 Å². The van der Waals surface area contributed by atoms with Crippen molar-refractivity contribution in [2.75, 3.05) is 26.2 Å². The van der Waals surface area contributed by atoms with E-state index in [2.05, 4.69) is 13.8 Å². The van der Waals surface area contributed by atoms with Crippen molar-refractivity contribution >= 4 is 12.0 Å². The molecule has 0 radical (unpaired) electrons. The molecular formula is C24H43N3O4. The van der Waals surface area contributed by atoms with Gasteiger partial charge in [-0.15, -0.1) is 0 Å². The molecule has 7 nitrogen and oxygen atoms in total. The first-order valence-corrected chi connectivity index (χ1v) is 12.2. The summed E-state index contributed by atoms with van der Waals surface area (Å²) in [6.07, 6.45) is 6.45. The maximum absolute atomic E-state index is 13.2. The van der Waals surface area contributed by atoms with Crippen molar-refractivity contribution in [2.45, 2.75) is 96.9 Å². The first-order valence-electron chi connectivity index (χ1n) is 12.2. The Labute approximate surface area is 188 Å². The maximum Gasteiger partial charge on any atom is 0.410 e. The Morgan fingerprint density at radius 3 is 2.29 bits per heavy atom. The molecule has 2 N–H and O–H groups in total. The van der Waals surface area contributed by atoms with Crippen LogP contribution in [0, 0.1) is 17.8 Å². The van der Waals surface area contributed by atoms with Crippen molar-refractivity contribution in [1.29, 1.82) is 0 Å². The smallest absolute Gasteiger partial charge is 0.410 e. The minimum Gasteiger partial charge on any atom is -0.444 e. The molecule has 1 saturated carbocycles. The summed E-state index contributed by atoms with van der Waals surface area (Å²) < 4.78 is 11.7. The van der Waals surface area contributed by atoms with Gasteiger partial charge in [0.1, 0.15) is 5.60 Å². The van der Waals surface area contributed by atoms with Crippen LogP contribution in [-0.2, 0) is 14.3 Å². The van der Waals surface area contributed by atoms with Crippen molar-refractivity contribution in [3.8, 4) is 0 Å². The van der Waals surface area contributed by atoms with E-state index in [1.165, 1.54) is 12.8 Å². The molecule has 2 heterocycles. The number of rotatable bonds is 5. The van der Waals surface area contributed by atoms with E-state index in [0.29, 0.717) is 19.7 Å². The Morgan fingerprint density at radius 2 is 1.71 bits per heavy atom. The van der Waals surface area contributed by atoms with Crippen LogP contribution in [0.5, 0.6) is 0 Å². The normalized spacial score (nSPS) is 30.3. The number of carbonyl (C=O) groups is 2. The Hall–Kier alpha value is -1.34. The lowest BCUT2D eigenvalue weighted by atomic mass is 9.80. The van der Waals surface area contributed by atoms with Crippen molar-refractivity contribution in [3.63, 3.8) is 0 Å². The first-order chi connectivity index (χ1) is 14.5. The van der Waals surface area contributed by atoms with E-state index in [1.807, 2.05) is 25.7 Å². The second kappa shape index (κ2) is 10.1. The van der Waals surface area contributed by atoms with Crippen molar-refractivity contribution in [2.24, 2.45) is 23.5 Å². The van der Waals surface area contributed by atoms with Gasteiger partial charge in [0, 0.05) is 25.7 Å². The van der Waals surface area contributed by atoms with Gasteiger partial charge < -0.3 is 25.0 Å². The van der Waals surface area contributed by atoms with Crippen LogP contribution in [0.25, 0.3) is 0 Å². The van der Waals surface area contributed by atoms with E-state index in [4.69, 9.17) is 15.2 Å². The lowest BCUT2D eigenvalue weighted by Gasteiger charge is -2.46. The summed E-state index contributed by atoms with van der Waals surface area (Å²) >= 11 is 0. The molecule has 3 aliphatic rings. The summed E-state index contributed by atoms with van der Waals surface area (Å²) in [5, 5.41) is 0. The standard InChI is InChI=1S/C24H43N3O4/c1-16(2)17-8-10-19(11-9-17)30-15-21-20(25)7-6-12-27(21)22(28)18-13-26(14-18)23(29)31-24(3,4)5/h16-21H,6-15,25H2,1-5H3. The molecule has 3 fully saturated rings. The average Bonchev–Trinajstić information content (AvgIpc) is 2.64. The zero-order valence-electron chi connectivity index (χ0n) is 20.1. The lowest BCUT2D eigenvalue weighted by molar-refractivity contribution is -0.147. The molecule has 0 aromatic carbocycles. The zero-order chi connectivity index (χ0) is 22.8. The number of nitrogens with zero attached hydrogens (tertiary/aromatic N) is 2. The molecule has 2 unspecified atom stereocenters. The summed E-state index contributed by atoms with van der Waals surface area (Å²) in [6, 6.07) is -0.119. The third kappa shape index (κ3) is 6.35. The van der Waals surface area contributed by atoms with Crippen LogP contribution in [0.3, 0.4) is 0 Å². The van der Waals surface area contributed by atoms with Gasteiger partial charge in [-0.05, 0) is 71.1 Å². The molecule has 178 valence electrons. The Morgan fingerprint density at radius 1 is 1.06 bits per heavy atom. The van der Waals surface area contributed by atoms with E-state index < -0.39 is 5.60 Å². The zero-order valence-corrected chi connectivity index (χ0v) is 20.1. The molecule has 2 saturated heterocycles. The fourth-order valence-corrected chi connectivity index (χ4v) is 5.08. The van der Waals surface area contributed by atoms with Crippen LogP contribution in [0.4, 0.5) is 4.79 Å². The topological polar surface area (TPSA) is 85.1 Å². The number of hydrogen-bond donors (Lipinski definition) is 1. The van der Waals surface area contributed by atoms with Crippen LogP contribution in [-0.4, -0.2) is 71.8 Å². The highest BCUT2D eigenvalue weighted by Crippen LogP contribution is 2.32. The van der Waals surface area contributed by atoms with E-state index in [-0.39, 0.29) is 36.1 Å². The predicted octanol–water partition coefficient (Wildman–Crippen LogP) is 3.40. The van der Waals surface area contributed by atoms with Gasteiger partial charge in [0.2, 0.25) is 5.91 Å². The third-order valence-electron chi connectivity index (χ3n) is 7.16. The third-order valence-corrected chi connectivity index (χ3v) is 7.16. The molecule has 0 aromatic heterocycles. The Balaban J connectivity index is 1.49. The van der Waals surface area contributed by atoms with Gasteiger partial charge in [-0.3, -0.25) is 4.79 Å². The highest BCUT2D eigenvalue weighted by Gasteiger charge is 2.43. The quantitative estimate of drug-likeness (QED) is 0.712. The van der Waals surface area contributed by atoms with Gasteiger partial charge in [-0.2, -0.15) is 0 Å². The number of piperidine rings is 1. The monoisotopic (exact) mass is 437 g/mol. The van der Waals surface area contributed by atoms with E-state index in [0.717, 1.165) is 44.1 Å². The highest BCUT2D eigenvalue weighted by atomic mass is 16.6. The van der Waals surface area contributed by atoms with Crippen molar-refractivity contribution in [1.82, 2.24) is 9.80 Å². The Bertz CT molecular complexity index is 619. The average molecular weight is 438 g/mol. The fraction of sp³-hybridized carbons (Fsp3) is 0.917. The molecule has 31 heavy (non-hydrogen) atoms. The van der Waals surface area contributed by atoms with Gasteiger partial charge in [-0.25, -0.2) is 4.79 Å². The molecule has 2 atom stereocenters. The molecular weight excluding hydrogens is 394 g/mol. The van der Waals surface area contributed by atoms with Gasteiger partial charge in [0.05, 0.1) is 24.7 Å². The van der Waals surface area contributed by atoms with E-state index >= 15 is 0 Å². The Kier molecular flexibility index (Phi) is 7.90. The molecule has 0 spiro atoms. The lowest BCUT2D eigenvalue weighted by Crippen LogP contribution is -2.63. The molecule has 1 aliphatic carbocycles. The fourth-order valence-electron chi connectivity index (χ4n) is 5.08. The SMILES string of the molecule is CC(C)C1CCC(OCC2C(N)CCCN2C(=O)C2CN(C(=O)OC(C)(C)C)C2)CC1. The number of carbonyl (C=O) groups excluding carboxylic acids is 2. The van der Waals surface area contributed by atoms with Gasteiger partial charge >= 0.3 is 6.09 Å². The minimum absolute atomic E-state index is 0.0493.